The van der Waals surface area contributed by atoms with Gasteiger partial charge >= 0.3 is 0 Å². The lowest BCUT2D eigenvalue weighted by atomic mass is 10.0. The summed E-state index contributed by atoms with van der Waals surface area (Å²) in [5, 5.41) is 7.48. The maximum absolute atomic E-state index is 13.3. The summed E-state index contributed by atoms with van der Waals surface area (Å²) in [6.07, 6.45) is 1.63. The van der Waals surface area contributed by atoms with Crippen LogP contribution in [0.4, 0.5) is 10.1 Å². The van der Waals surface area contributed by atoms with E-state index in [4.69, 9.17) is 0 Å². The highest BCUT2D eigenvalue weighted by atomic mass is 19.1. The number of rotatable bonds is 6. The van der Waals surface area contributed by atoms with Crippen molar-refractivity contribution in [3.63, 3.8) is 0 Å². The number of aryl methyl sites for hydroxylation is 1. The number of hydrogen-bond donors (Lipinski definition) is 1. The minimum absolute atomic E-state index is 0.0142. The fraction of sp³-hybridized carbons (Fsp3) is 0.444. The molecule has 1 N–H and O–H groups in total. The molecule has 0 spiro atoms. The maximum Gasteiger partial charge on any atom is 0.227 e. The molecule has 0 saturated carbocycles. The van der Waals surface area contributed by atoms with Gasteiger partial charge in [0, 0.05) is 5.92 Å². The lowest BCUT2D eigenvalue weighted by molar-refractivity contribution is -0.120. The first-order valence-electron chi connectivity index (χ1n) is 8.05. The molecule has 1 aromatic heterocycles. The third-order valence-corrected chi connectivity index (χ3v) is 4.21. The Labute approximate surface area is 136 Å². The number of amides is 1. The first-order valence-corrected chi connectivity index (χ1v) is 8.05. The third-order valence-electron chi connectivity index (χ3n) is 4.21. The Morgan fingerprint density at radius 2 is 2.00 bits per heavy atom. The number of carbonyl (C=O) groups excluding carboxylic acids is 1. The second-order valence-electron chi connectivity index (χ2n) is 5.84. The van der Waals surface area contributed by atoms with Crippen molar-refractivity contribution in [2.75, 3.05) is 5.32 Å². The van der Waals surface area contributed by atoms with Crippen LogP contribution in [-0.2, 0) is 11.3 Å². The van der Waals surface area contributed by atoms with E-state index in [2.05, 4.69) is 10.4 Å². The molecule has 1 amide bonds. The molecule has 23 heavy (non-hydrogen) atoms. The summed E-state index contributed by atoms with van der Waals surface area (Å²) in [7, 11) is 0. The quantitative estimate of drug-likeness (QED) is 0.873. The van der Waals surface area contributed by atoms with E-state index in [0.717, 1.165) is 35.5 Å². The number of carbonyl (C=O) groups is 1. The van der Waals surface area contributed by atoms with Gasteiger partial charge < -0.3 is 5.32 Å². The molecule has 2 rings (SSSR count). The minimum atomic E-state index is -0.258. The lowest BCUT2D eigenvalue weighted by Crippen LogP contribution is -2.22. The standard InChI is InChI=1S/C18H24FN3O/c1-5-15(6-2)18(23)20-17-12(3)21-22(13(17)4)11-14-8-7-9-16(19)10-14/h7-10,15H,5-6,11H2,1-4H3,(H,20,23). The van der Waals surface area contributed by atoms with Crippen molar-refractivity contribution in [2.45, 2.75) is 47.1 Å². The van der Waals surface area contributed by atoms with Gasteiger partial charge in [0.1, 0.15) is 5.82 Å². The second kappa shape index (κ2) is 7.40. The summed E-state index contributed by atoms with van der Waals surface area (Å²) < 4.78 is 15.1. The van der Waals surface area contributed by atoms with Gasteiger partial charge in [-0.15, -0.1) is 0 Å². The fourth-order valence-electron chi connectivity index (χ4n) is 2.72. The number of halogens is 1. The molecule has 0 bridgehead atoms. The van der Waals surface area contributed by atoms with Gasteiger partial charge in [0.05, 0.1) is 23.6 Å². The maximum atomic E-state index is 13.3. The van der Waals surface area contributed by atoms with Crippen LogP contribution in [0.1, 0.15) is 43.6 Å². The molecule has 4 nitrogen and oxygen atoms in total. The Bertz CT molecular complexity index is 690. The first-order chi connectivity index (χ1) is 11.0. The van der Waals surface area contributed by atoms with Crippen molar-refractivity contribution in [2.24, 2.45) is 5.92 Å². The zero-order chi connectivity index (χ0) is 17.0. The average Bonchev–Trinajstić information content (AvgIpc) is 2.76. The van der Waals surface area contributed by atoms with Crippen LogP contribution >= 0.6 is 0 Å². The van der Waals surface area contributed by atoms with Crippen LogP contribution in [0.3, 0.4) is 0 Å². The van der Waals surface area contributed by atoms with Crippen LogP contribution < -0.4 is 5.32 Å². The number of nitrogens with one attached hydrogen (secondary N) is 1. The number of benzene rings is 1. The topological polar surface area (TPSA) is 46.9 Å². The Morgan fingerprint density at radius 1 is 1.30 bits per heavy atom. The highest BCUT2D eigenvalue weighted by Gasteiger charge is 2.19. The molecule has 0 unspecified atom stereocenters. The Balaban J connectivity index is 2.20. The van der Waals surface area contributed by atoms with Crippen LogP contribution in [0.5, 0.6) is 0 Å². The van der Waals surface area contributed by atoms with E-state index in [-0.39, 0.29) is 17.6 Å². The number of hydrogen-bond acceptors (Lipinski definition) is 2. The minimum Gasteiger partial charge on any atom is -0.323 e. The third kappa shape index (κ3) is 3.97. The van der Waals surface area contributed by atoms with Crippen molar-refractivity contribution >= 4 is 11.6 Å². The molecule has 1 heterocycles. The van der Waals surface area contributed by atoms with Gasteiger partial charge in [0.15, 0.2) is 0 Å². The molecule has 5 heteroatoms. The molecule has 1 aromatic carbocycles. The van der Waals surface area contributed by atoms with E-state index in [9.17, 15) is 9.18 Å². The van der Waals surface area contributed by atoms with E-state index in [1.54, 1.807) is 10.7 Å². The summed E-state index contributed by atoms with van der Waals surface area (Å²) in [5.74, 6) is -0.210. The highest BCUT2D eigenvalue weighted by molar-refractivity contribution is 5.93. The summed E-state index contributed by atoms with van der Waals surface area (Å²) in [5.41, 5.74) is 3.26. The van der Waals surface area contributed by atoms with E-state index >= 15 is 0 Å². The summed E-state index contributed by atoms with van der Waals surface area (Å²) in [6, 6.07) is 6.47. The smallest absolute Gasteiger partial charge is 0.227 e. The van der Waals surface area contributed by atoms with E-state index in [1.165, 1.54) is 12.1 Å². The van der Waals surface area contributed by atoms with Gasteiger partial charge in [-0.2, -0.15) is 5.10 Å². The van der Waals surface area contributed by atoms with E-state index in [1.807, 2.05) is 33.8 Å². The molecule has 0 aliphatic rings. The Kier molecular flexibility index (Phi) is 5.53. The summed E-state index contributed by atoms with van der Waals surface area (Å²) >= 11 is 0. The van der Waals surface area contributed by atoms with Gasteiger partial charge in [-0.05, 0) is 44.4 Å². The molecule has 0 aliphatic carbocycles. The lowest BCUT2D eigenvalue weighted by Gasteiger charge is -2.13. The van der Waals surface area contributed by atoms with Crippen molar-refractivity contribution in [1.29, 1.82) is 0 Å². The second-order valence-corrected chi connectivity index (χ2v) is 5.84. The van der Waals surface area contributed by atoms with Gasteiger partial charge in [-0.3, -0.25) is 9.48 Å². The van der Waals surface area contributed by atoms with Gasteiger partial charge in [0.2, 0.25) is 5.91 Å². The first kappa shape index (κ1) is 17.2. The normalized spacial score (nSPS) is 11.0. The van der Waals surface area contributed by atoms with Crippen LogP contribution in [-0.4, -0.2) is 15.7 Å². The molecule has 0 saturated heterocycles. The zero-order valence-electron chi connectivity index (χ0n) is 14.2. The van der Waals surface area contributed by atoms with E-state index in [0.29, 0.717) is 6.54 Å². The zero-order valence-corrected chi connectivity index (χ0v) is 14.2. The molecule has 124 valence electrons. The van der Waals surface area contributed by atoms with Crippen molar-refractivity contribution in [3.05, 3.63) is 47.0 Å². The van der Waals surface area contributed by atoms with Gasteiger partial charge in [-0.1, -0.05) is 26.0 Å². The molecule has 0 radical (unpaired) electrons. The van der Waals surface area contributed by atoms with Gasteiger partial charge in [0.25, 0.3) is 0 Å². The molecule has 0 atom stereocenters. The number of nitrogens with zero attached hydrogens (tertiary/aromatic N) is 2. The SMILES string of the molecule is CCC(CC)C(=O)Nc1c(C)nn(Cc2cccc(F)c2)c1C. The van der Waals surface area contributed by atoms with Crippen molar-refractivity contribution in [3.8, 4) is 0 Å². The van der Waals surface area contributed by atoms with Crippen LogP contribution in [0.15, 0.2) is 24.3 Å². The van der Waals surface area contributed by atoms with E-state index < -0.39 is 0 Å². The molecular weight excluding hydrogens is 293 g/mol. The predicted octanol–water partition coefficient (Wildman–Crippen LogP) is 4.06. The van der Waals surface area contributed by atoms with Crippen molar-refractivity contribution < 1.29 is 9.18 Å². The number of anilines is 1. The Morgan fingerprint density at radius 3 is 2.61 bits per heavy atom. The molecule has 0 aliphatic heterocycles. The molecule has 0 fully saturated rings. The molecule has 2 aromatic rings. The summed E-state index contributed by atoms with van der Waals surface area (Å²) in [4.78, 5) is 12.3. The van der Waals surface area contributed by atoms with Crippen LogP contribution in [0, 0.1) is 25.6 Å². The predicted molar refractivity (Wildman–Crippen MR) is 89.9 cm³/mol. The Hall–Kier alpha value is -2.17. The average molecular weight is 317 g/mol. The summed E-state index contributed by atoms with van der Waals surface area (Å²) in [6.45, 7) is 8.30. The largest absolute Gasteiger partial charge is 0.323 e. The van der Waals surface area contributed by atoms with Gasteiger partial charge in [-0.25, -0.2) is 4.39 Å². The molecular formula is C18H24FN3O. The monoisotopic (exact) mass is 317 g/mol. The van der Waals surface area contributed by atoms with Crippen LogP contribution in [0.2, 0.25) is 0 Å². The fourth-order valence-corrected chi connectivity index (χ4v) is 2.72. The van der Waals surface area contributed by atoms with Crippen LogP contribution in [0.25, 0.3) is 0 Å². The highest BCUT2D eigenvalue weighted by Crippen LogP contribution is 2.22. The number of aromatic nitrogens is 2. The van der Waals surface area contributed by atoms with Crippen molar-refractivity contribution in [1.82, 2.24) is 9.78 Å².